The van der Waals surface area contributed by atoms with E-state index in [1.54, 1.807) is 0 Å². The lowest BCUT2D eigenvalue weighted by molar-refractivity contribution is -0.141. The molecule has 0 saturated heterocycles. The highest BCUT2D eigenvalue weighted by Crippen LogP contribution is 2.68. The number of fused-ring (bicyclic) bond motifs is 5. The van der Waals surface area contributed by atoms with Gasteiger partial charge in [0.25, 0.3) is 0 Å². The fraction of sp³-hybridized carbons (Fsp3) is 0.955. The average molecular weight is 442 g/mol. The van der Waals surface area contributed by atoms with Gasteiger partial charge in [0, 0.05) is 10.3 Å². The van der Waals surface area contributed by atoms with E-state index in [9.17, 15) is 4.79 Å². The van der Waals surface area contributed by atoms with Gasteiger partial charge < -0.3 is 0 Å². The summed E-state index contributed by atoms with van der Waals surface area (Å²) in [6.07, 6.45) is 12.6. The maximum absolute atomic E-state index is 12.3. The largest absolute Gasteiger partial charge is 0.300 e. The third-order valence-corrected chi connectivity index (χ3v) is 10.7. The first-order chi connectivity index (χ1) is 11.4. The Morgan fingerprint density at radius 3 is 2.50 bits per heavy atom. The topological polar surface area (TPSA) is 17.1 Å². The van der Waals surface area contributed by atoms with Crippen molar-refractivity contribution >= 4 is 28.4 Å². The van der Waals surface area contributed by atoms with Crippen LogP contribution in [-0.2, 0) is 4.79 Å². The van der Waals surface area contributed by atoms with Gasteiger partial charge in [-0.2, -0.15) is 0 Å². The summed E-state index contributed by atoms with van der Waals surface area (Å²) in [4.78, 5) is 12.3. The third-order valence-electron chi connectivity index (χ3n) is 9.63. The van der Waals surface area contributed by atoms with Gasteiger partial charge in [-0.1, -0.05) is 42.9 Å². The van der Waals surface area contributed by atoms with E-state index >= 15 is 0 Å². The number of hydrogen-bond donors (Lipinski definition) is 0. The molecule has 0 heterocycles. The van der Waals surface area contributed by atoms with Gasteiger partial charge in [0.2, 0.25) is 0 Å². The molecule has 0 aromatic rings. The lowest BCUT2D eigenvalue weighted by Gasteiger charge is -2.62. The fourth-order valence-corrected chi connectivity index (χ4v) is 9.78. The molecule has 0 spiro atoms. The molecule has 0 N–H and O–H groups in total. The van der Waals surface area contributed by atoms with Crippen molar-refractivity contribution in [3.05, 3.63) is 0 Å². The van der Waals surface area contributed by atoms with Crippen LogP contribution in [0, 0.1) is 46.3 Å². The van der Waals surface area contributed by atoms with Crippen LogP contribution in [0.5, 0.6) is 0 Å². The van der Waals surface area contributed by atoms with Crippen LogP contribution in [0.2, 0.25) is 0 Å². The Balaban J connectivity index is 1.66. The summed E-state index contributed by atoms with van der Waals surface area (Å²) in [6, 6.07) is 0. The summed E-state index contributed by atoms with van der Waals surface area (Å²) in [5.74, 6) is 5.46. The number of carbonyl (C=O) groups is 1. The molecule has 2 heteroatoms. The Morgan fingerprint density at radius 2 is 1.79 bits per heavy atom. The van der Waals surface area contributed by atoms with Gasteiger partial charge >= 0.3 is 0 Å². The van der Waals surface area contributed by atoms with Crippen LogP contribution in [-0.4, -0.2) is 10.2 Å². The second-order valence-electron chi connectivity index (χ2n) is 10.1. The minimum absolute atomic E-state index is 0.324. The van der Waals surface area contributed by atoms with Crippen molar-refractivity contribution in [1.82, 2.24) is 0 Å². The smallest absolute Gasteiger partial charge is 0.133 e. The van der Waals surface area contributed by atoms with Crippen LogP contribution < -0.4 is 0 Å². The molecular formula is C22H35IO. The van der Waals surface area contributed by atoms with E-state index in [1.807, 2.05) is 6.92 Å². The highest BCUT2D eigenvalue weighted by atomic mass is 127. The van der Waals surface area contributed by atoms with E-state index < -0.39 is 0 Å². The molecule has 2 unspecified atom stereocenters. The van der Waals surface area contributed by atoms with Crippen LogP contribution in [0.1, 0.15) is 78.6 Å². The van der Waals surface area contributed by atoms with Crippen molar-refractivity contribution in [2.45, 2.75) is 78.6 Å². The van der Waals surface area contributed by atoms with Gasteiger partial charge in [-0.25, -0.2) is 0 Å². The SMILES string of the molecule is CC(=O)[C@H]1CC[C@H]2[C@@H]3CCC4CCCC(CI)[C@]4(C)[C@H]3CC[C@]12C. The standard InChI is InChI=1S/C22H35IO/c1-14(24)18-9-10-19-17-8-7-15-5-4-6-16(13-23)22(15,3)20(17)11-12-21(18,19)2/h15-20H,4-13H2,1-3H3/t15?,16?,17-,18+,19-,20-,21+,22+/m0/s1. The van der Waals surface area contributed by atoms with Crippen LogP contribution in [0.25, 0.3) is 0 Å². The number of Topliss-reactive ketones (excluding diaryl/α,β-unsaturated/α-hetero) is 1. The van der Waals surface area contributed by atoms with E-state index in [-0.39, 0.29) is 0 Å². The van der Waals surface area contributed by atoms with Gasteiger partial charge in [-0.15, -0.1) is 0 Å². The van der Waals surface area contributed by atoms with Crippen LogP contribution in [0.3, 0.4) is 0 Å². The zero-order chi connectivity index (χ0) is 17.1. The van der Waals surface area contributed by atoms with E-state index in [1.165, 1.54) is 62.2 Å². The first-order valence-corrected chi connectivity index (χ1v) is 12.0. The Kier molecular flexibility index (Phi) is 4.62. The summed E-state index contributed by atoms with van der Waals surface area (Å²) >= 11 is 2.67. The third kappa shape index (κ3) is 2.33. The van der Waals surface area contributed by atoms with Crippen molar-refractivity contribution in [2.75, 3.05) is 4.43 Å². The summed E-state index contributed by atoms with van der Waals surface area (Å²) in [7, 11) is 0. The number of rotatable bonds is 2. The van der Waals surface area contributed by atoms with E-state index in [4.69, 9.17) is 0 Å². The molecule has 8 atom stereocenters. The number of carbonyl (C=O) groups excluding carboxylic acids is 1. The molecule has 136 valence electrons. The molecule has 0 aromatic carbocycles. The molecule has 4 fully saturated rings. The minimum atomic E-state index is 0.324. The average Bonchev–Trinajstić information content (AvgIpc) is 2.91. The van der Waals surface area contributed by atoms with Crippen LogP contribution >= 0.6 is 22.6 Å². The first-order valence-electron chi connectivity index (χ1n) is 10.5. The number of halogens is 1. The van der Waals surface area contributed by atoms with Crippen molar-refractivity contribution in [3.63, 3.8) is 0 Å². The predicted molar refractivity (Wildman–Crippen MR) is 108 cm³/mol. The second-order valence-corrected chi connectivity index (χ2v) is 11.0. The molecule has 1 nitrogen and oxygen atoms in total. The molecule has 4 saturated carbocycles. The van der Waals surface area contributed by atoms with Gasteiger partial charge in [-0.05, 0) is 98.7 Å². The summed E-state index contributed by atoms with van der Waals surface area (Å²) in [5, 5.41) is 0. The lowest BCUT2D eigenvalue weighted by Crippen LogP contribution is -2.56. The second kappa shape index (κ2) is 6.23. The highest BCUT2D eigenvalue weighted by Gasteiger charge is 2.61. The van der Waals surface area contributed by atoms with Gasteiger partial charge in [0.1, 0.15) is 5.78 Å². The Morgan fingerprint density at radius 1 is 1.00 bits per heavy atom. The summed E-state index contributed by atoms with van der Waals surface area (Å²) in [6.45, 7) is 7.03. The molecule has 0 aliphatic heterocycles. The fourth-order valence-electron chi connectivity index (χ4n) is 8.39. The van der Waals surface area contributed by atoms with E-state index in [2.05, 4.69) is 36.4 Å². The number of alkyl halides is 1. The van der Waals surface area contributed by atoms with Crippen molar-refractivity contribution in [2.24, 2.45) is 46.3 Å². The zero-order valence-corrected chi connectivity index (χ0v) is 18.0. The molecule has 24 heavy (non-hydrogen) atoms. The quantitative estimate of drug-likeness (QED) is 0.363. The Labute approximate surface area is 162 Å². The lowest BCUT2D eigenvalue weighted by atomic mass is 9.43. The Hall–Kier alpha value is 0.400. The molecule has 0 aromatic heterocycles. The monoisotopic (exact) mass is 442 g/mol. The first kappa shape index (κ1) is 17.8. The van der Waals surface area contributed by atoms with Gasteiger partial charge in [0.15, 0.2) is 0 Å². The predicted octanol–water partition coefficient (Wildman–Crippen LogP) is 6.29. The molecule has 4 aliphatic carbocycles. The maximum Gasteiger partial charge on any atom is 0.133 e. The van der Waals surface area contributed by atoms with Crippen molar-refractivity contribution < 1.29 is 4.79 Å². The van der Waals surface area contributed by atoms with Crippen LogP contribution in [0.15, 0.2) is 0 Å². The van der Waals surface area contributed by atoms with Gasteiger partial charge in [-0.3, -0.25) is 4.79 Å². The molecule has 0 bridgehead atoms. The summed E-state index contributed by atoms with van der Waals surface area (Å²) in [5.41, 5.74) is 0.919. The number of ketones is 1. The number of hydrogen-bond acceptors (Lipinski definition) is 1. The molecular weight excluding hydrogens is 407 g/mol. The minimum Gasteiger partial charge on any atom is -0.300 e. The molecule has 0 amide bonds. The van der Waals surface area contributed by atoms with Crippen molar-refractivity contribution in [1.29, 1.82) is 0 Å². The Bertz CT molecular complexity index is 508. The van der Waals surface area contributed by atoms with E-state index in [0.717, 1.165) is 29.6 Å². The molecule has 4 rings (SSSR count). The van der Waals surface area contributed by atoms with Crippen LogP contribution in [0.4, 0.5) is 0 Å². The van der Waals surface area contributed by atoms with Crippen molar-refractivity contribution in [3.8, 4) is 0 Å². The summed E-state index contributed by atoms with van der Waals surface area (Å²) < 4.78 is 1.35. The molecule has 0 radical (unpaired) electrons. The van der Waals surface area contributed by atoms with E-state index in [0.29, 0.717) is 22.5 Å². The maximum atomic E-state index is 12.3. The molecule has 4 aliphatic rings. The van der Waals surface area contributed by atoms with Gasteiger partial charge in [0.05, 0.1) is 0 Å². The normalized spacial score (nSPS) is 53.8. The zero-order valence-electron chi connectivity index (χ0n) is 15.8. The highest BCUT2D eigenvalue weighted by molar-refractivity contribution is 14.1.